The van der Waals surface area contributed by atoms with E-state index in [1.165, 1.54) is 0 Å². The maximum absolute atomic E-state index is 13.2. The van der Waals surface area contributed by atoms with Crippen LogP contribution in [0, 0.1) is 13.8 Å². The number of aromatic nitrogens is 1. The van der Waals surface area contributed by atoms with E-state index in [1.807, 2.05) is 19.2 Å². The molecule has 1 aliphatic carbocycles. The predicted octanol–water partition coefficient (Wildman–Crippen LogP) is 5.42. The average Bonchev–Trinajstić information content (AvgIpc) is 2.87. The standard InChI is InChI=1S/C17H20F2N2S/c1-11-7-13(16-20-12(2)10-22-16)9-15(8-11)21-14-3-5-17(18,19)6-4-14/h7-10,14,21H,3-6H2,1-2H3. The van der Waals surface area contributed by atoms with Crippen molar-refractivity contribution in [3.63, 3.8) is 0 Å². The maximum Gasteiger partial charge on any atom is 0.248 e. The van der Waals surface area contributed by atoms with Gasteiger partial charge in [-0.15, -0.1) is 11.3 Å². The van der Waals surface area contributed by atoms with E-state index in [0.717, 1.165) is 27.5 Å². The summed E-state index contributed by atoms with van der Waals surface area (Å²) in [5, 5.41) is 6.46. The molecular weight excluding hydrogens is 302 g/mol. The van der Waals surface area contributed by atoms with E-state index < -0.39 is 5.92 Å². The van der Waals surface area contributed by atoms with Crippen molar-refractivity contribution in [1.29, 1.82) is 0 Å². The fraction of sp³-hybridized carbons (Fsp3) is 0.471. The molecular formula is C17H20F2N2S. The van der Waals surface area contributed by atoms with E-state index in [2.05, 4.69) is 28.5 Å². The molecule has 0 spiro atoms. The van der Waals surface area contributed by atoms with Crippen LogP contribution in [0.2, 0.25) is 0 Å². The first kappa shape index (κ1) is 15.4. The van der Waals surface area contributed by atoms with E-state index in [4.69, 9.17) is 0 Å². The molecule has 1 aromatic carbocycles. The summed E-state index contributed by atoms with van der Waals surface area (Å²) >= 11 is 1.63. The molecule has 0 aliphatic heterocycles. The van der Waals surface area contributed by atoms with Gasteiger partial charge in [0, 0.05) is 41.2 Å². The molecule has 1 aliphatic rings. The van der Waals surface area contributed by atoms with Crippen molar-refractivity contribution in [3.8, 4) is 10.6 Å². The summed E-state index contributed by atoms with van der Waals surface area (Å²) in [5.41, 5.74) is 4.25. The average molecular weight is 322 g/mol. The first-order valence-electron chi connectivity index (χ1n) is 7.60. The van der Waals surface area contributed by atoms with Crippen molar-refractivity contribution in [2.45, 2.75) is 51.5 Å². The molecule has 3 rings (SSSR count). The second kappa shape index (κ2) is 5.95. The Bertz CT molecular complexity index is 656. The van der Waals surface area contributed by atoms with Gasteiger partial charge in [-0.2, -0.15) is 0 Å². The van der Waals surface area contributed by atoms with Gasteiger partial charge in [0.15, 0.2) is 0 Å². The van der Waals surface area contributed by atoms with Gasteiger partial charge in [0.25, 0.3) is 0 Å². The van der Waals surface area contributed by atoms with Gasteiger partial charge >= 0.3 is 0 Å². The van der Waals surface area contributed by atoms with Gasteiger partial charge in [-0.3, -0.25) is 0 Å². The van der Waals surface area contributed by atoms with Crippen LogP contribution < -0.4 is 5.32 Å². The molecule has 1 aromatic heterocycles. The van der Waals surface area contributed by atoms with E-state index >= 15 is 0 Å². The van der Waals surface area contributed by atoms with Gasteiger partial charge in [0.1, 0.15) is 5.01 Å². The zero-order valence-corrected chi connectivity index (χ0v) is 13.6. The number of hydrogen-bond donors (Lipinski definition) is 1. The van der Waals surface area contributed by atoms with Crippen molar-refractivity contribution in [2.75, 3.05) is 5.32 Å². The van der Waals surface area contributed by atoms with Crippen LogP contribution in [-0.4, -0.2) is 16.9 Å². The molecule has 0 amide bonds. The monoisotopic (exact) mass is 322 g/mol. The van der Waals surface area contributed by atoms with E-state index in [1.54, 1.807) is 11.3 Å². The maximum atomic E-state index is 13.2. The number of rotatable bonds is 3. The van der Waals surface area contributed by atoms with Crippen LogP contribution in [0.3, 0.4) is 0 Å². The van der Waals surface area contributed by atoms with E-state index in [9.17, 15) is 8.78 Å². The first-order chi connectivity index (χ1) is 10.4. The lowest BCUT2D eigenvalue weighted by Gasteiger charge is -2.29. The van der Waals surface area contributed by atoms with Gasteiger partial charge in [-0.25, -0.2) is 13.8 Å². The molecule has 5 heteroatoms. The fourth-order valence-corrected chi connectivity index (χ4v) is 3.68. The third-order valence-electron chi connectivity index (χ3n) is 4.03. The highest BCUT2D eigenvalue weighted by Gasteiger charge is 2.34. The number of thiazole rings is 1. The van der Waals surface area contributed by atoms with Crippen molar-refractivity contribution in [3.05, 3.63) is 34.8 Å². The van der Waals surface area contributed by atoms with Crippen LogP contribution >= 0.6 is 11.3 Å². The molecule has 0 bridgehead atoms. The molecule has 1 heterocycles. The molecule has 1 fully saturated rings. The van der Waals surface area contributed by atoms with Crippen LogP contribution in [0.25, 0.3) is 10.6 Å². The molecule has 1 N–H and O–H groups in total. The predicted molar refractivity (Wildman–Crippen MR) is 87.8 cm³/mol. The number of benzene rings is 1. The number of nitrogens with zero attached hydrogens (tertiary/aromatic N) is 1. The summed E-state index contributed by atoms with van der Waals surface area (Å²) < 4.78 is 26.5. The van der Waals surface area contributed by atoms with Gasteiger partial charge in [-0.05, 0) is 50.5 Å². The summed E-state index contributed by atoms with van der Waals surface area (Å²) in [7, 11) is 0. The first-order valence-corrected chi connectivity index (χ1v) is 8.48. The van der Waals surface area contributed by atoms with Gasteiger partial charge in [-0.1, -0.05) is 0 Å². The lowest BCUT2D eigenvalue weighted by atomic mass is 9.92. The summed E-state index contributed by atoms with van der Waals surface area (Å²) in [6, 6.07) is 6.38. The highest BCUT2D eigenvalue weighted by molar-refractivity contribution is 7.13. The molecule has 0 unspecified atom stereocenters. The minimum Gasteiger partial charge on any atom is -0.382 e. The Morgan fingerprint density at radius 3 is 2.55 bits per heavy atom. The second-order valence-corrected chi connectivity index (χ2v) is 7.01. The Balaban J connectivity index is 1.76. The third kappa shape index (κ3) is 3.64. The molecule has 22 heavy (non-hydrogen) atoms. The lowest BCUT2D eigenvalue weighted by Crippen LogP contribution is -2.32. The number of hydrogen-bond acceptors (Lipinski definition) is 3. The number of halogens is 2. The van der Waals surface area contributed by atoms with Gasteiger partial charge in [0.05, 0.1) is 0 Å². The van der Waals surface area contributed by atoms with Gasteiger partial charge in [0.2, 0.25) is 5.92 Å². The largest absolute Gasteiger partial charge is 0.382 e. The smallest absolute Gasteiger partial charge is 0.248 e. The molecule has 0 saturated heterocycles. The molecule has 1 saturated carbocycles. The van der Waals surface area contributed by atoms with Crippen molar-refractivity contribution < 1.29 is 8.78 Å². The van der Waals surface area contributed by atoms with Crippen LogP contribution in [0.15, 0.2) is 23.6 Å². The summed E-state index contributed by atoms with van der Waals surface area (Å²) in [6.45, 7) is 4.03. The van der Waals surface area contributed by atoms with E-state index in [-0.39, 0.29) is 18.9 Å². The Kier molecular flexibility index (Phi) is 4.17. The Morgan fingerprint density at radius 1 is 1.18 bits per heavy atom. The fourth-order valence-electron chi connectivity index (χ4n) is 2.90. The Morgan fingerprint density at radius 2 is 1.91 bits per heavy atom. The summed E-state index contributed by atoms with van der Waals surface area (Å²) in [4.78, 5) is 4.52. The lowest BCUT2D eigenvalue weighted by molar-refractivity contribution is -0.0360. The zero-order valence-electron chi connectivity index (χ0n) is 12.8. The quantitative estimate of drug-likeness (QED) is 0.816. The summed E-state index contributed by atoms with van der Waals surface area (Å²) in [5.74, 6) is -2.48. The third-order valence-corrected chi connectivity index (χ3v) is 5.04. The topological polar surface area (TPSA) is 24.9 Å². The molecule has 118 valence electrons. The second-order valence-electron chi connectivity index (χ2n) is 6.16. The Labute approximate surface area is 133 Å². The van der Waals surface area contributed by atoms with Crippen LogP contribution in [0.1, 0.15) is 36.9 Å². The molecule has 2 nitrogen and oxygen atoms in total. The van der Waals surface area contributed by atoms with Crippen molar-refractivity contribution in [2.24, 2.45) is 0 Å². The highest BCUT2D eigenvalue weighted by atomic mass is 32.1. The van der Waals surface area contributed by atoms with Crippen LogP contribution in [-0.2, 0) is 0 Å². The molecule has 2 aromatic rings. The Hall–Kier alpha value is -1.49. The van der Waals surface area contributed by atoms with Crippen molar-refractivity contribution >= 4 is 17.0 Å². The number of aryl methyl sites for hydroxylation is 2. The molecule has 0 atom stereocenters. The number of nitrogens with one attached hydrogen (secondary N) is 1. The van der Waals surface area contributed by atoms with Crippen LogP contribution in [0.4, 0.5) is 14.5 Å². The van der Waals surface area contributed by atoms with E-state index in [0.29, 0.717) is 12.8 Å². The molecule has 0 radical (unpaired) electrons. The van der Waals surface area contributed by atoms with Crippen LogP contribution in [0.5, 0.6) is 0 Å². The van der Waals surface area contributed by atoms with Crippen molar-refractivity contribution in [1.82, 2.24) is 4.98 Å². The SMILES string of the molecule is Cc1cc(NC2CCC(F)(F)CC2)cc(-c2nc(C)cs2)c1. The highest BCUT2D eigenvalue weighted by Crippen LogP contribution is 2.35. The number of anilines is 1. The minimum absolute atomic E-state index is 0.0188. The number of alkyl halides is 2. The summed E-state index contributed by atoms with van der Waals surface area (Å²) in [6.07, 6.45) is 1.00. The normalized spacial score (nSPS) is 18.4. The van der Waals surface area contributed by atoms with Gasteiger partial charge < -0.3 is 5.32 Å². The minimum atomic E-state index is -2.48. The zero-order chi connectivity index (χ0) is 15.7.